The first-order chi connectivity index (χ1) is 45.3. The van der Waals surface area contributed by atoms with E-state index in [1.165, 1.54) is 53.1 Å². The van der Waals surface area contributed by atoms with Crippen LogP contribution in [0.4, 0.5) is 104 Å². The molecule has 3 heterocycles. The van der Waals surface area contributed by atoms with Crippen LogP contribution in [0.3, 0.4) is 0 Å². The molecule has 26 nitrogen and oxygen atoms in total. The van der Waals surface area contributed by atoms with Gasteiger partial charge in [-0.05, 0) is 143 Å². The van der Waals surface area contributed by atoms with E-state index >= 15 is 0 Å². The summed E-state index contributed by atoms with van der Waals surface area (Å²) in [6, 6.07) is 57.4. The molecule has 3 aromatic heterocycles. The molecule has 94 heavy (non-hydrogen) atoms. The highest BCUT2D eigenvalue weighted by molar-refractivity contribution is 5.66. The maximum atomic E-state index is 11.2. The molecule has 0 spiro atoms. The van der Waals surface area contributed by atoms with Crippen LogP contribution in [-0.2, 0) is 12.8 Å². The number of hydrogen-bond donors (Lipinski definition) is 8. The van der Waals surface area contributed by atoms with Crippen molar-refractivity contribution in [1.29, 1.82) is 0 Å². The zero-order valence-corrected chi connectivity index (χ0v) is 52.0. The maximum absolute atomic E-state index is 11.2. The topological polar surface area (TPSA) is 356 Å². The second-order valence-electron chi connectivity index (χ2n) is 22.5. The molecule has 0 amide bonds. The fourth-order valence-electron chi connectivity index (χ4n) is 9.23. The van der Waals surface area contributed by atoms with E-state index in [0.29, 0.717) is 88.5 Å². The predicted molar refractivity (Wildman–Crippen MR) is 366 cm³/mol. The molecular formula is C68H66N20O6. The third kappa shape index (κ3) is 18.3. The summed E-state index contributed by atoms with van der Waals surface area (Å²) in [6.07, 6.45) is 0.883. The molecule has 11 rings (SSSR count). The summed E-state index contributed by atoms with van der Waals surface area (Å²) in [5, 5.41) is 55.5. The van der Waals surface area contributed by atoms with Gasteiger partial charge in [0.25, 0.3) is 17.1 Å². The SMILES string of the molecule is CC(C)c1ccc(Cc2nc(Cc3ccc(Nc4nc(Nc5ccc(C(C)C)cc5)nc(Nc5ccc([N+](=O)[O-])cc5)n4)cc3)nc(Nc3ccc([N+](=O)[O-])cc3)n2)cc1.CC(C)c1ccc(Nc2nc(Nc3ccc(N)cc3)nc(Nc3ccc([N+](=O)[O-])cc3)n2)cc1. The average Bonchev–Trinajstić information content (AvgIpc) is 1.11. The largest absolute Gasteiger partial charge is 0.399 e. The Bertz CT molecular complexity index is 4210. The standard InChI is InChI=1S/C44H42N12O4.C24H24N8O2/c1-27(2)31-9-5-29(6-10-31)25-39-49-40(51-41(50-39)45-35-17-21-37(22-18-35)55(57)58)26-30-7-13-33(14-8-30)46-42-52-43(47-34-15-11-32(12-16-34)28(3)4)54-44(53-42)48-36-19-23-38(24-20-36)56(59)60;1-15(2)16-3-7-18(8-4-16)26-22-29-23(27-19-9-5-17(25)6-10-19)31-24(30-22)28-20-11-13-21(14-12-20)32(33)34/h5-24,27-28H,25-26H2,1-4H3,(H,45,49,50,51)(H3,46,47,48,52,53,54);3-15H,25H2,1-2H3,(H3,26,27,28,29,30,31). The van der Waals surface area contributed by atoms with Crippen molar-refractivity contribution in [3.63, 3.8) is 0 Å². The van der Waals surface area contributed by atoms with Crippen LogP contribution in [0, 0.1) is 30.3 Å². The summed E-state index contributed by atoms with van der Waals surface area (Å²) in [6.45, 7) is 12.8. The Kier molecular flexibility index (Phi) is 20.4. The van der Waals surface area contributed by atoms with Gasteiger partial charge in [0.2, 0.25) is 41.6 Å². The summed E-state index contributed by atoms with van der Waals surface area (Å²) < 4.78 is 0. The van der Waals surface area contributed by atoms with Crippen LogP contribution < -0.4 is 43.0 Å². The van der Waals surface area contributed by atoms with Gasteiger partial charge in [0.15, 0.2) is 0 Å². The lowest BCUT2D eigenvalue weighted by Gasteiger charge is -2.13. The highest BCUT2D eigenvalue weighted by Crippen LogP contribution is 2.29. The van der Waals surface area contributed by atoms with Crippen LogP contribution >= 0.6 is 0 Å². The molecule has 0 unspecified atom stereocenters. The number of nitro groups is 3. The second kappa shape index (κ2) is 29.8. The van der Waals surface area contributed by atoms with Gasteiger partial charge >= 0.3 is 0 Å². The Hall–Kier alpha value is -12.6. The van der Waals surface area contributed by atoms with Gasteiger partial charge in [-0.15, -0.1) is 0 Å². The van der Waals surface area contributed by atoms with E-state index in [4.69, 9.17) is 20.7 Å². The smallest absolute Gasteiger partial charge is 0.269 e. The lowest BCUT2D eigenvalue weighted by Crippen LogP contribution is -2.09. The molecule has 0 aliphatic carbocycles. The fourth-order valence-corrected chi connectivity index (χ4v) is 9.23. The minimum Gasteiger partial charge on any atom is -0.399 e. The molecule has 0 aliphatic rings. The number of nitro benzene ring substituents is 3. The van der Waals surface area contributed by atoms with Gasteiger partial charge in [-0.3, -0.25) is 30.3 Å². The first kappa shape index (κ1) is 64.4. The van der Waals surface area contributed by atoms with Crippen molar-refractivity contribution >= 4 is 104 Å². The quantitative estimate of drug-likeness (QED) is 0.0158. The highest BCUT2D eigenvalue weighted by Gasteiger charge is 2.16. The van der Waals surface area contributed by atoms with Gasteiger partial charge in [-0.2, -0.15) is 39.9 Å². The summed E-state index contributed by atoms with van der Waals surface area (Å²) in [5.41, 5.74) is 16.9. The third-order valence-electron chi connectivity index (χ3n) is 14.4. The second-order valence-corrected chi connectivity index (χ2v) is 22.5. The van der Waals surface area contributed by atoms with Gasteiger partial charge in [-0.25, -0.2) is 4.98 Å². The first-order valence-electron chi connectivity index (χ1n) is 29.9. The summed E-state index contributed by atoms with van der Waals surface area (Å²) in [4.78, 5) is 73.3. The van der Waals surface area contributed by atoms with E-state index in [0.717, 1.165) is 28.2 Å². The molecule has 0 aliphatic heterocycles. The molecule has 8 aromatic carbocycles. The van der Waals surface area contributed by atoms with Gasteiger partial charge in [0, 0.05) is 94.7 Å². The van der Waals surface area contributed by atoms with Crippen LogP contribution in [0.15, 0.2) is 194 Å². The zero-order valence-electron chi connectivity index (χ0n) is 52.0. The number of hydrogen-bond acceptors (Lipinski definition) is 23. The van der Waals surface area contributed by atoms with E-state index in [2.05, 4.69) is 145 Å². The summed E-state index contributed by atoms with van der Waals surface area (Å²) in [7, 11) is 0. The van der Waals surface area contributed by atoms with Crippen LogP contribution in [0.1, 0.15) is 98.8 Å². The van der Waals surface area contributed by atoms with Crippen molar-refractivity contribution in [1.82, 2.24) is 44.9 Å². The van der Waals surface area contributed by atoms with Crippen molar-refractivity contribution in [2.75, 3.05) is 43.0 Å². The molecule has 0 atom stereocenters. The Morgan fingerprint density at radius 1 is 0.298 bits per heavy atom. The number of benzene rings is 8. The zero-order chi connectivity index (χ0) is 66.3. The van der Waals surface area contributed by atoms with Gasteiger partial charge in [0.05, 0.1) is 14.8 Å². The number of aromatic nitrogens is 9. The Morgan fingerprint density at radius 2 is 0.500 bits per heavy atom. The number of nitrogens with one attached hydrogen (secondary N) is 7. The molecule has 0 bridgehead atoms. The van der Waals surface area contributed by atoms with E-state index in [1.54, 1.807) is 48.5 Å². The van der Waals surface area contributed by atoms with E-state index < -0.39 is 14.8 Å². The van der Waals surface area contributed by atoms with Crippen molar-refractivity contribution < 1.29 is 14.8 Å². The van der Waals surface area contributed by atoms with E-state index in [1.807, 2.05) is 72.8 Å². The first-order valence-corrected chi connectivity index (χ1v) is 29.9. The van der Waals surface area contributed by atoms with Gasteiger partial charge in [0.1, 0.15) is 11.6 Å². The van der Waals surface area contributed by atoms with E-state index in [9.17, 15) is 30.3 Å². The lowest BCUT2D eigenvalue weighted by molar-refractivity contribution is -0.385. The molecular weight excluding hydrogens is 1190 g/mol. The van der Waals surface area contributed by atoms with E-state index in [-0.39, 0.29) is 40.9 Å². The van der Waals surface area contributed by atoms with Crippen LogP contribution in [0.5, 0.6) is 0 Å². The molecule has 9 N–H and O–H groups in total. The summed E-state index contributed by atoms with van der Waals surface area (Å²) >= 11 is 0. The molecule has 0 saturated carbocycles. The Balaban J connectivity index is 0.000000240. The normalized spacial score (nSPS) is 10.9. The number of rotatable bonds is 24. The van der Waals surface area contributed by atoms with Crippen LogP contribution in [0.2, 0.25) is 0 Å². The Labute approximate surface area is 540 Å². The van der Waals surface area contributed by atoms with Gasteiger partial charge < -0.3 is 43.0 Å². The summed E-state index contributed by atoms with van der Waals surface area (Å²) in [5.74, 6) is 4.34. The molecule has 0 radical (unpaired) electrons. The molecule has 0 saturated heterocycles. The van der Waals surface area contributed by atoms with Gasteiger partial charge in [-0.1, -0.05) is 102 Å². The highest BCUT2D eigenvalue weighted by atomic mass is 16.6. The Morgan fingerprint density at radius 3 is 0.745 bits per heavy atom. The maximum Gasteiger partial charge on any atom is 0.269 e. The van der Waals surface area contributed by atoms with Crippen LogP contribution in [0.25, 0.3) is 0 Å². The third-order valence-corrected chi connectivity index (χ3v) is 14.4. The van der Waals surface area contributed by atoms with Crippen molar-refractivity contribution in [2.24, 2.45) is 0 Å². The molecule has 26 heteroatoms. The average molecular weight is 1260 g/mol. The minimum absolute atomic E-state index is 0.000830. The number of nitrogens with zero attached hydrogens (tertiary/aromatic N) is 12. The number of nitrogen functional groups attached to an aromatic ring is 1. The number of nitrogens with two attached hydrogens (primary N) is 1. The van der Waals surface area contributed by atoms with Crippen LogP contribution in [-0.4, -0.2) is 59.6 Å². The van der Waals surface area contributed by atoms with Crippen molar-refractivity contribution in [2.45, 2.75) is 72.1 Å². The monoisotopic (exact) mass is 1260 g/mol. The van der Waals surface area contributed by atoms with Crippen molar-refractivity contribution in [3.05, 3.63) is 264 Å². The molecule has 474 valence electrons. The fraction of sp³-hybridized carbons (Fsp3) is 0.162. The van der Waals surface area contributed by atoms with Crippen molar-refractivity contribution in [3.8, 4) is 0 Å². The lowest BCUT2D eigenvalue weighted by atomic mass is 10.0. The number of non-ortho nitro benzene ring substituents is 3. The predicted octanol–water partition coefficient (Wildman–Crippen LogP) is 16.0. The molecule has 11 aromatic rings. The minimum atomic E-state index is -0.458. The molecule has 0 fully saturated rings. The number of anilines is 15.